The molecule has 0 spiro atoms. The molecule has 0 saturated carbocycles. The molecule has 2 rings (SSSR count). The van der Waals surface area contributed by atoms with Gasteiger partial charge >= 0.3 is 0 Å². The Bertz CT molecular complexity index is 437. The van der Waals surface area contributed by atoms with Gasteiger partial charge in [-0.3, -0.25) is 4.98 Å². The summed E-state index contributed by atoms with van der Waals surface area (Å²) in [6.45, 7) is 1.79. The standard InChI is InChI=1S/C12H13NO/c1-9(14)7-10-4-5-11-3-2-6-13-12(11)8-10/h2-6,8-9,14H,7H2,1H3. The topological polar surface area (TPSA) is 33.1 Å². The van der Waals surface area contributed by atoms with E-state index in [2.05, 4.69) is 4.98 Å². The molecular formula is C12H13NO. The number of rotatable bonds is 2. The molecule has 2 heteroatoms. The van der Waals surface area contributed by atoms with Crippen LogP contribution in [0.15, 0.2) is 36.5 Å². The molecule has 0 amide bonds. The fraction of sp³-hybridized carbons (Fsp3) is 0.250. The molecule has 1 unspecified atom stereocenters. The van der Waals surface area contributed by atoms with Crippen molar-refractivity contribution in [1.29, 1.82) is 0 Å². The van der Waals surface area contributed by atoms with Crippen LogP contribution >= 0.6 is 0 Å². The Morgan fingerprint density at radius 3 is 3.00 bits per heavy atom. The van der Waals surface area contributed by atoms with Crippen LogP contribution in [0.1, 0.15) is 12.5 Å². The second kappa shape index (κ2) is 3.76. The predicted molar refractivity (Wildman–Crippen MR) is 57.1 cm³/mol. The first-order valence-corrected chi connectivity index (χ1v) is 4.77. The Kier molecular flexibility index (Phi) is 2.46. The van der Waals surface area contributed by atoms with Crippen molar-refractivity contribution in [3.8, 4) is 0 Å². The van der Waals surface area contributed by atoms with Crippen LogP contribution in [0.4, 0.5) is 0 Å². The molecule has 0 saturated heterocycles. The largest absolute Gasteiger partial charge is 0.393 e. The maximum atomic E-state index is 9.26. The van der Waals surface area contributed by atoms with Gasteiger partial charge in [0, 0.05) is 11.6 Å². The van der Waals surface area contributed by atoms with Crippen LogP contribution in [-0.4, -0.2) is 16.2 Å². The highest BCUT2D eigenvalue weighted by atomic mass is 16.3. The van der Waals surface area contributed by atoms with Gasteiger partial charge < -0.3 is 5.11 Å². The molecule has 0 aliphatic rings. The van der Waals surface area contributed by atoms with Crippen molar-refractivity contribution in [2.45, 2.75) is 19.4 Å². The summed E-state index contributed by atoms with van der Waals surface area (Å²) >= 11 is 0. The maximum absolute atomic E-state index is 9.26. The fourth-order valence-corrected chi connectivity index (χ4v) is 1.58. The van der Waals surface area contributed by atoms with E-state index >= 15 is 0 Å². The lowest BCUT2D eigenvalue weighted by Gasteiger charge is -2.04. The van der Waals surface area contributed by atoms with Gasteiger partial charge in [-0.05, 0) is 31.0 Å². The molecule has 0 aliphatic heterocycles. The Morgan fingerprint density at radius 2 is 2.21 bits per heavy atom. The molecule has 0 bridgehead atoms. The fourth-order valence-electron chi connectivity index (χ4n) is 1.58. The predicted octanol–water partition coefficient (Wildman–Crippen LogP) is 2.16. The highest BCUT2D eigenvalue weighted by molar-refractivity contribution is 5.78. The zero-order valence-electron chi connectivity index (χ0n) is 8.14. The number of hydrogen-bond donors (Lipinski definition) is 1. The molecule has 14 heavy (non-hydrogen) atoms. The van der Waals surface area contributed by atoms with Gasteiger partial charge in [0.2, 0.25) is 0 Å². The molecular weight excluding hydrogens is 174 g/mol. The smallest absolute Gasteiger partial charge is 0.0704 e. The first-order chi connectivity index (χ1) is 6.75. The lowest BCUT2D eigenvalue weighted by Crippen LogP contribution is -2.03. The van der Waals surface area contributed by atoms with E-state index in [0.29, 0.717) is 6.42 Å². The third-order valence-corrected chi connectivity index (χ3v) is 2.20. The summed E-state index contributed by atoms with van der Waals surface area (Å²) in [5.74, 6) is 0. The van der Waals surface area contributed by atoms with E-state index in [1.807, 2.05) is 30.3 Å². The lowest BCUT2D eigenvalue weighted by atomic mass is 10.1. The van der Waals surface area contributed by atoms with Crippen molar-refractivity contribution in [3.63, 3.8) is 0 Å². The number of aromatic nitrogens is 1. The Morgan fingerprint density at radius 1 is 1.36 bits per heavy atom. The summed E-state index contributed by atoms with van der Waals surface area (Å²) in [6.07, 6.45) is 2.18. The van der Waals surface area contributed by atoms with Crippen LogP contribution in [0.2, 0.25) is 0 Å². The van der Waals surface area contributed by atoms with E-state index in [0.717, 1.165) is 16.5 Å². The van der Waals surface area contributed by atoms with Gasteiger partial charge in [-0.25, -0.2) is 0 Å². The average Bonchev–Trinajstić information content (AvgIpc) is 2.17. The lowest BCUT2D eigenvalue weighted by molar-refractivity contribution is 0.195. The minimum atomic E-state index is -0.295. The van der Waals surface area contributed by atoms with Crippen molar-refractivity contribution >= 4 is 10.9 Å². The molecule has 1 heterocycles. The van der Waals surface area contributed by atoms with E-state index in [4.69, 9.17) is 0 Å². The van der Waals surface area contributed by atoms with Crippen LogP contribution in [0.25, 0.3) is 10.9 Å². The molecule has 0 radical (unpaired) electrons. The van der Waals surface area contributed by atoms with Crippen molar-refractivity contribution in [3.05, 3.63) is 42.1 Å². The van der Waals surface area contributed by atoms with Gasteiger partial charge in [0.25, 0.3) is 0 Å². The van der Waals surface area contributed by atoms with Gasteiger partial charge in [-0.1, -0.05) is 18.2 Å². The molecule has 1 aromatic heterocycles. The highest BCUT2D eigenvalue weighted by Gasteiger charge is 2.00. The van der Waals surface area contributed by atoms with Crippen LogP contribution in [0, 0.1) is 0 Å². The third-order valence-electron chi connectivity index (χ3n) is 2.20. The number of pyridine rings is 1. The average molecular weight is 187 g/mol. The summed E-state index contributed by atoms with van der Waals surface area (Å²) in [5.41, 5.74) is 2.12. The minimum absolute atomic E-state index is 0.295. The summed E-state index contributed by atoms with van der Waals surface area (Å²) in [6, 6.07) is 10.1. The Balaban J connectivity index is 2.41. The second-order valence-electron chi connectivity index (χ2n) is 3.58. The van der Waals surface area contributed by atoms with E-state index in [9.17, 15) is 5.11 Å². The summed E-state index contributed by atoms with van der Waals surface area (Å²) in [4.78, 5) is 4.27. The Hall–Kier alpha value is -1.41. The number of nitrogens with zero attached hydrogens (tertiary/aromatic N) is 1. The minimum Gasteiger partial charge on any atom is -0.393 e. The first kappa shape index (κ1) is 9.16. The molecule has 0 fully saturated rings. The quantitative estimate of drug-likeness (QED) is 0.781. The molecule has 0 aliphatic carbocycles. The zero-order valence-corrected chi connectivity index (χ0v) is 8.14. The molecule has 1 atom stereocenters. The summed E-state index contributed by atoms with van der Waals surface area (Å²) in [7, 11) is 0. The number of aliphatic hydroxyl groups excluding tert-OH is 1. The molecule has 72 valence electrons. The van der Waals surface area contributed by atoms with E-state index in [1.165, 1.54) is 0 Å². The maximum Gasteiger partial charge on any atom is 0.0704 e. The van der Waals surface area contributed by atoms with Gasteiger partial charge in [-0.2, -0.15) is 0 Å². The van der Waals surface area contributed by atoms with Crippen LogP contribution in [0.3, 0.4) is 0 Å². The van der Waals surface area contributed by atoms with Crippen molar-refractivity contribution < 1.29 is 5.11 Å². The van der Waals surface area contributed by atoms with Crippen LogP contribution in [-0.2, 0) is 6.42 Å². The van der Waals surface area contributed by atoms with Crippen LogP contribution in [0.5, 0.6) is 0 Å². The second-order valence-corrected chi connectivity index (χ2v) is 3.58. The normalized spacial score (nSPS) is 13.0. The van der Waals surface area contributed by atoms with E-state index in [1.54, 1.807) is 13.1 Å². The number of fused-ring (bicyclic) bond motifs is 1. The number of benzene rings is 1. The van der Waals surface area contributed by atoms with Gasteiger partial charge in [0.15, 0.2) is 0 Å². The van der Waals surface area contributed by atoms with Crippen molar-refractivity contribution in [2.75, 3.05) is 0 Å². The molecule has 1 N–H and O–H groups in total. The van der Waals surface area contributed by atoms with Gasteiger partial charge in [-0.15, -0.1) is 0 Å². The molecule has 2 nitrogen and oxygen atoms in total. The summed E-state index contributed by atoms with van der Waals surface area (Å²) < 4.78 is 0. The van der Waals surface area contributed by atoms with Gasteiger partial charge in [0.05, 0.1) is 11.6 Å². The highest BCUT2D eigenvalue weighted by Crippen LogP contribution is 2.14. The Labute approximate surface area is 83.2 Å². The molecule has 1 aromatic carbocycles. The van der Waals surface area contributed by atoms with Gasteiger partial charge in [0.1, 0.15) is 0 Å². The van der Waals surface area contributed by atoms with Crippen LogP contribution < -0.4 is 0 Å². The van der Waals surface area contributed by atoms with Crippen molar-refractivity contribution in [1.82, 2.24) is 4.98 Å². The monoisotopic (exact) mass is 187 g/mol. The van der Waals surface area contributed by atoms with E-state index < -0.39 is 0 Å². The number of aliphatic hydroxyl groups is 1. The SMILES string of the molecule is CC(O)Cc1ccc2cccnc2c1. The van der Waals surface area contributed by atoms with E-state index in [-0.39, 0.29) is 6.10 Å². The van der Waals surface area contributed by atoms with Crippen molar-refractivity contribution in [2.24, 2.45) is 0 Å². The molecule has 2 aromatic rings. The first-order valence-electron chi connectivity index (χ1n) is 4.77. The number of hydrogen-bond acceptors (Lipinski definition) is 2. The summed E-state index contributed by atoms with van der Waals surface area (Å²) in [5, 5.41) is 10.4. The third kappa shape index (κ3) is 1.91. The zero-order chi connectivity index (χ0) is 9.97.